The van der Waals surface area contributed by atoms with Gasteiger partial charge in [-0.3, -0.25) is 0 Å². The van der Waals surface area contributed by atoms with E-state index in [-0.39, 0.29) is 5.54 Å². The topological polar surface area (TPSA) is 24.5 Å². The first-order valence-corrected chi connectivity index (χ1v) is 7.83. The molecule has 2 aliphatic heterocycles. The number of nitrogens with zero attached hydrogens (tertiary/aromatic N) is 1. The number of anilines is 1. The molecule has 1 aromatic rings. The van der Waals surface area contributed by atoms with Gasteiger partial charge in [0.1, 0.15) is 0 Å². The zero-order valence-corrected chi connectivity index (χ0v) is 12.7. The monoisotopic (exact) mass is 274 g/mol. The first-order valence-electron chi connectivity index (χ1n) is 7.83. The summed E-state index contributed by atoms with van der Waals surface area (Å²) in [4.78, 5) is 2.54. The SMILES string of the molecule is CC1(C)CN(CCC2CCCO2)c2ccccc2CN1. The van der Waals surface area contributed by atoms with Gasteiger partial charge < -0.3 is 15.0 Å². The largest absolute Gasteiger partial charge is 0.378 e. The highest BCUT2D eigenvalue weighted by Crippen LogP contribution is 2.27. The van der Waals surface area contributed by atoms with Gasteiger partial charge in [-0.1, -0.05) is 18.2 Å². The van der Waals surface area contributed by atoms with Crippen molar-refractivity contribution in [3.8, 4) is 0 Å². The van der Waals surface area contributed by atoms with Crippen LogP contribution < -0.4 is 10.2 Å². The minimum Gasteiger partial charge on any atom is -0.378 e. The fourth-order valence-electron chi connectivity index (χ4n) is 3.29. The Morgan fingerprint density at radius 3 is 3.00 bits per heavy atom. The van der Waals surface area contributed by atoms with Crippen LogP contribution in [0.25, 0.3) is 0 Å². The summed E-state index contributed by atoms with van der Waals surface area (Å²) in [5.41, 5.74) is 2.95. The normalized spacial score (nSPS) is 25.3. The number of para-hydroxylation sites is 1. The summed E-state index contributed by atoms with van der Waals surface area (Å²) in [5.74, 6) is 0. The fraction of sp³-hybridized carbons (Fsp3) is 0.647. The molecule has 3 rings (SSSR count). The van der Waals surface area contributed by atoms with E-state index in [0.717, 1.165) is 32.7 Å². The molecule has 1 atom stereocenters. The molecule has 0 aromatic heterocycles. The third kappa shape index (κ3) is 3.15. The molecule has 1 unspecified atom stereocenters. The van der Waals surface area contributed by atoms with Crippen molar-refractivity contribution in [1.82, 2.24) is 5.32 Å². The van der Waals surface area contributed by atoms with Crippen LogP contribution in [0.2, 0.25) is 0 Å². The predicted molar refractivity (Wildman–Crippen MR) is 83.2 cm³/mol. The van der Waals surface area contributed by atoms with Gasteiger partial charge in [0.05, 0.1) is 6.10 Å². The van der Waals surface area contributed by atoms with Crippen molar-refractivity contribution in [3.63, 3.8) is 0 Å². The quantitative estimate of drug-likeness (QED) is 0.917. The summed E-state index contributed by atoms with van der Waals surface area (Å²) >= 11 is 0. The molecular formula is C17H26N2O. The highest BCUT2D eigenvalue weighted by atomic mass is 16.5. The smallest absolute Gasteiger partial charge is 0.0592 e. The van der Waals surface area contributed by atoms with Gasteiger partial charge in [0, 0.05) is 37.5 Å². The molecule has 20 heavy (non-hydrogen) atoms. The summed E-state index contributed by atoms with van der Waals surface area (Å²) in [6.45, 7) is 8.63. The van der Waals surface area contributed by atoms with Crippen LogP contribution in [0.1, 0.15) is 38.7 Å². The number of hydrogen-bond donors (Lipinski definition) is 1. The molecule has 3 nitrogen and oxygen atoms in total. The molecule has 2 heterocycles. The fourth-order valence-corrected chi connectivity index (χ4v) is 3.29. The molecule has 3 heteroatoms. The van der Waals surface area contributed by atoms with Crippen LogP contribution in [0.4, 0.5) is 5.69 Å². The average Bonchev–Trinajstić information content (AvgIpc) is 2.90. The zero-order chi connectivity index (χ0) is 14.0. The van der Waals surface area contributed by atoms with Crippen molar-refractivity contribution >= 4 is 5.69 Å². The van der Waals surface area contributed by atoms with E-state index in [9.17, 15) is 0 Å². The van der Waals surface area contributed by atoms with Crippen molar-refractivity contribution in [1.29, 1.82) is 0 Å². The molecule has 1 saturated heterocycles. The van der Waals surface area contributed by atoms with Crippen molar-refractivity contribution < 1.29 is 4.74 Å². The Morgan fingerprint density at radius 1 is 1.35 bits per heavy atom. The van der Waals surface area contributed by atoms with Crippen LogP contribution in [0.3, 0.4) is 0 Å². The maximum Gasteiger partial charge on any atom is 0.0592 e. The Labute approximate surface area is 122 Å². The van der Waals surface area contributed by atoms with Gasteiger partial charge in [0.2, 0.25) is 0 Å². The first-order chi connectivity index (χ1) is 9.64. The molecule has 1 aromatic carbocycles. The number of rotatable bonds is 3. The Balaban J connectivity index is 1.75. The lowest BCUT2D eigenvalue weighted by molar-refractivity contribution is 0.105. The molecule has 0 saturated carbocycles. The van der Waals surface area contributed by atoms with E-state index in [1.54, 1.807) is 0 Å². The van der Waals surface area contributed by atoms with Crippen molar-refractivity contribution in [2.24, 2.45) is 0 Å². The molecule has 0 amide bonds. The maximum atomic E-state index is 5.77. The average molecular weight is 274 g/mol. The van der Waals surface area contributed by atoms with E-state index in [0.29, 0.717) is 6.10 Å². The standard InChI is InChI=1S/C17H26N2O/c1-17(2)13-19(10-9-15-7-5-11-20-15)16-8-4-3-6-14(16)12-18-17/h3-4,6,8,15,18H,5,7,9-13H2,1-2H3. The number of ether oxygens (including phenoxy) is 1. The molecule has 0 radical (unpaired) electrons. The van der Waals surface area contributed by atoms with E-state index in [1.807, 2.05) is 0 Å². The number of benzene rings is 1. The minimum absolute atomic E-state index is 0.148. The molecule has 0 spiro atoms. The third-order valence-electron chi connectivity index (χ3n) is 4.42. The summed E-state index contributed by atoms with van der Waals surface area (Å²) in [7, 11) is 0. The van der Waals surface area contributed by atoms with Gasteiger partial charge in [0.25, 0.3) is 0 Å². The lowest BCUT2D eigenvalue weighted by atomic mass is 10.0. The maximum absolute atomic E-state index is 5.77. The van der Waals surface area contributed by atoms with Gasteiger partial charge in [0.15, 0.2) is 0 Å². The lowest BCUT2D eigenvalue weighted by Crippen LogP contribution is -2.47. The zero-order valence-electron chi connectivity index (χ0n) is 12.7. The Kier molecular flexibility index (Phi) is 3.99. The molecule has 1 N–H and O–H groups in total. The van der Waals surface area contributed by atoms with Crippen LogP contribution in [-0.2, 0) is 11.3 Å². The summed E-state index contributed by atoms with van der Waals surface area (Å²) in [6.07, 6.45) is 4.08. The van der Waals surface area contributed by atoms with Gasteiger partial charge in [-0.25, -0.2) is 0 Å². The van der Waals surface area contributed by atoms with Crippen LogP contribution in [0, 0.1) is 0 Å². The van der Waals surface area contributed by atoms with Crippen LogP contribution >= 0.6 is 0 Å². The molecule has 1 fully saturated rings. The second-order valence-corrected chi connectivity index (χ2v) is 6.71. The molecule has 2 aliphatic rings. The van der Waals surface area contributed by atoms with E-state index < -0.39 is 0 Å². The molecule has 110 valence electrons. The number of fused-ring (bicyclic) bond motifs is 1. The lowest BCUT2D eigenvalue weighted by Gasteiger charge is -2.32. The second kappa shape index (κ2) is 5.74. The third-order valence-corrected chi connectivity index (χ3v) is 4.42. The van der Waals surface area contributed by atoms with E-state index in [2.05, 4.69) is 48.3 Å². The Morgan fingerprint density at radius 2 is 2.20 bits per heavy atom. The summed E-state index contributed by atoms with van der Waals surface area (Å²) in [6, 6.07) is 8.78. The Bertz CT molecular complexity index is 452. The van der Waals surface area contributed by atoms with Gasteiger partial charge in [-0.2, -0.15) is 0 Å². The van der Waals surface area contributed by atoms with Crippen molar-refractivity contribution in [2.45, 2.75) is 51.3 Å². The summed E-state index contributed by atoms with van der Waals surface area (Å²) in [5, 5.41) is 3.66. The molecule has 0 aliphatic carbocycles. The van der Waals surface area contributed by atoms with Gasteiger partial charge in [-0.05, 0) is 44.7 Å². The van der Waals surface area contributed by atoms with Crippen LogP contribution in [-0.4, -0.2) is 31.3 Å². The van der Waals surface area contributed by atoms with E-state index in [1.165, 1.54) is 24.1 Å². The second-order valence-electron chi connectivity index (χ2n) is 6.71. The van der Waals surface area contributed by atoms with E-state index >= 15 is 0 Å². The first kappa shape index (κ1) is 13.9. The molecular weight excluding hydrogens is 248 g/mol. The van der Waals surface area contributed by atoms with Crippen LogP contribution in [0.5, 0.6) is 0 Å². The Hall–Kier alpha value is -1.06. The van der Waals surface area contributed by atoms with Crippen molar-refractivity contribution in [2.75, 3.05) is 24.6 Å². The minimum atomic E-state index is 0.148. The van der Waals surface area contributed by atoms with Gasteiger partial charge >= 0.3 is 0 Å². The highest BCUT2D eigenvalue weighted by Gasteiger charge is 2.27. The highest BCUT2D eigenvalue weighted by molar-refractivity contribution is 5.55. The molecule has 0 bridgehead atoms. The predicted octanol–water partition coefficient (Wildman–Crippen LogP) is 2.94. The van der Waals surface area contributed by atoms with Gasteiger partial charge in [-0.15, -0.1) is 0 Å². The summed E-state index contributed by atoms with van der Waals surface area (Å²) < 4.78 is 5.77. The van der Waals surface area contributed by atoms with E-state index in [4.69, 9.17) is 4.74 Å². The number of nitrogens with one attached hydrogen (secondary N) is 1. The number of hydrogen-bond acceptors (Lipinski definition) is 3. The van der Waals surface area contributed by atoms with Crippen molar-refractivity contribution in [3.05, 3.63) is 29.8 Å². The van der Waals surface area contributed by atoms with Crippen LogP contribution in [0.15, 0.2) is 24.3 Å².